The summed E-state index contributed by atoms with van der Waals surface area (Å²) in [6.45, 7) is 1.08. The lowest BCUT2D eigenvalue weighted by Gasteiger charge is -2.25. The molecule has 1 amide bonds. The van der Waals surface area contributed by atoms with Crippen molar-refractivity contribution in [2.24, 2.45) is 5.14 Å². The third-order valence-electron chi connectivity index (χ3n) is 3.31. The number of rotatable bonds is 5. The largest absolute Gasteiger partial charge is 0.385 e. The Morgan fingerprint density at radius 1 is 1.40 bits per heavy atom. The van der Waals surface area contributed by atoms with E-state index in [4.69, 9.17) is 5.14 Å². The van der Waals surface area contributed by atoms with Gasteiger partial charge in [-0.2, -0.15) is 0 Å². The van der Waals surface area contributed by atoms with Crippen LogP contribution in [0.1, 0.15) is 24.3 Å². The molecule has 0 bridgehead atoms. The number of hydrogen-bond acceptors (Lipinski definition) is 4. The predicted molar refractivity (Wildman–Crippen MR) is 77.9 cm³/mol. The van der Waals surface area contributed by atoms with Crippen molar-refractivity contribution in [3.63, 3.8) is 0 Å². The molecule has 0 spiro atoms. The molecule has 0 aliphatic carbocycles. The van der Waals surface area contributed by atoms with E-state index in [1.807, 2.05) is 24.3 Å². The number of carbonyl (C=O) groups is 1. The van der Waals surface area contributed by atoms with Crippen LogP contribution in [-0.2, 0) is 14.8 Å². The van der Waals surface area contributed by atoms with Gasteiger partial charge in [0.05, 0.1) is 11.7 Å². The van der Waals surface area contributed by atoms with Gasteiger partial charge < -0.3 is 10.6 Å². The van der Waals surface area contributed by atoms with E-state index >= 15 is 0 Å². The highest BCUT2D eigenvalue weighted by molar-refractivity contribution is 7.89. The first-order valence-corrected chi connectivity index (χ1v) is 8.30. The molecular weight excluding hydrogens is 278 g/mol. The van der Waals surface area contributed by atoms with Crippen molar-refractivity contribution in [1.29, 1.82) is 0 Å². The lowest BCUT2D eigenvalue weighted by Crippen LogP contribution is -2.34. The van der Waals surface area contributed by atoms with Crippen LogP contribution in [0.4, 0.5) is 5.69 Å². The van der Waals surface area contributed by atoms with E-state index in [0.29, 0.717) is 13.0 Å². The molecule has 0 fully saturated rings. The van der Waals surface area contributed by atoms with Crippen LogP contribution in [0.5, 0.6) is 0 Å². The Kier molecular flexibility index (Phi) is 4.61. The molecular formula is C13H19N3O3S. The van der Waals surface area contributed by atoms with Crippen molar-refractivity contribution in [2.75, 3.05) is 24.2 Å². The Bertz CT molecular complexity index is 586. The summed E-state index contributed by atoms with van der Waals surface area (Å²) in [5.41, 5.74) is 1.98. The van der Waals surface area contributed by atoms with E-state index in [0.717, 1.165) is 24.2 Å². The smallest absolute Gasteiger partial charge is 0.227 e. The highest BCUT2D eigenvalue weighted by atomic mass is 32.2. The minimum Gasteiger partial charge on any atom is -0.385 e. The summed E-state index contributed by atoms with van der Waals surface area (Å²) in [6.07, 6.45) is 1.06. The zero-order valence-electron chi connectivity index (χ0n) is 11.1. The third kappa shape index (κ3) is 3.94. The van der Waals surface area contributed by atoms with Gasteiger partial charge in [0, 0.05) is 18.8 Å². The first kappa shape index (κ1) is 14.8. The minimum absolute atomic E-state index is 0.0617. The summed E-state index contributed by atoms with van der Waals surface area (Å²) in [5.74, 6) is -0.355. The van der Waals surface area contributed by atoms with Gasteiger partial charge in [-0.3, -0.25) is 4.79 Å². The van der Waals surface area contributed by atoms with Gasteiger partial charge in [-0.1, -0.05) is 18.2 Å². The molecule has 2 rings (SSSR count). The number of nitrogens with two attached hydrogens (primary N) is 1. The molecule has 1 aliphatic heterocycles. The topological polar surface area (TPSA) is 101 Å². The molecule has 0 radical (unpaired) electrons. The van der Waals surface area contributed by atoms with Crippen LogP contribution in [0.3, 0.4) is 0 Å². The number of para-hydroxylation sites is 1. The standard InChI is InChI=1S/C13H19N3O3S/c14-20(18,19)9-3-7-16-13(17)11-6-8-15-12-5-2-1-4-10(11)12/h1-2,4-5,11,15H,3,6-9H2,(H,16,17)(H2,14,18,19). The van der Waals surface area contributed by atoms with Gasteiger partial charge in [0.25, 0.3) is 0 Å². The van der Waals surface area contributed by atoms with Crippen LogP contribution >= 0.6 is 0 Å². The monoisotopic (exact) mass is 297 g/mol. The first-order valence-electron chi connectivity index (χ1n) is 6.58. The predicted octanol–water partition coefficient (Wildman–Crippen LogP) is 0.381. The molecule has 110 valence electrons. The van der Waals surface area contributed by atoms with E-state index in [2.05, 4.69) is 10.6 Å². The van der Waals surface area contributed by atoms with Crippen molar-refractivity contribution in [3.8, 4) is 0 Å². The first-order chi connectivity index (χ1) is 9.47. The van der Waals surface area contributed by atoms with Crippen molar-refractivity contribution in [3.05, 3.63) is 29.8 Å². The zero-order valence-corrected chi connectivity index (χ0v) is 11.9. The summed E-state index contributed by atoms with van der Waals surface area (Å²) in [6, 6.07) is 7.73. The van der Waals surface area contributed by atoms with Crippen LogP contribution in [0.25, 0.3) is 0 Å². The Morgan fingerprint density at radius 3 is 2.90 bits per heavy atom. The fraction of sp³-hybridized carbons (Fsp3) is 0.462. The van der Waals surface area contributed by atoms with Crippen molar-refractivity contribution < 1.29 is 13.2 Å². The molecule has 6 nitrogen and oxygen atoms in total. The van der Waals surface area contributed by atoms with Gasteiger partial charge in [0.1, 0.15) is 0 Å². The number of nitrogens with one attached hydrogen (secondary N) is 2. The maximum absolute atomic E-state index is 12.2. The summed E-state index contributed by atoms with van der Waals surface area (Å²) in [7, 11) is -3.46. The Hall–Kier alpha value is -1.60. The molecule has 0 saturated heterocycles. The fourth-order valence-corrected chi connectivity index (χ4v) is 2.90. The molecule has 1 aliphatic rings. The number of benzene rings is 1. The van der Waals surface area contributed by atoms with E-state index in [1.165, 1.54) is 0 Å². The number of amides is 1. The molecule has 7 heteroatoms. The SMILES string of the molecule is NS(=O)(=O)CCCNC(=O)C1CCNc2ccccc21. The average molecular weight is 297 g/mol. The zero-order chi connectivity index (χ0) is 14.6. The van der Waals surface area contributed by atoms with Gasteiger partial charge in [-0.05, 0) is 24.5 Å². The second kappa shape index (κ2) is 6.23. The van der Waals surface area contributed by atoms with Gasteiger partial charge >= 0.3 is 0 Å². The molecule has 1 heterocycles. The Morgan fingerprint density at radius 2 is 2.15 bits per heavy atom. The normalized spacial score (nSPS) is 17.9. The average Bonchev–Trinajstić information content (AvgIpc) is 2.41. The van der Waals surface area contributed by atoms with E-state index in [9.17, 15) is 13.2 Å². The van der Waals surface area contributed by atoms with Crippen molar-refractivity contribution >= 4 is 21.6 Å². The molecule has 1 aromatic rings. The van der Waals surface area contributed by atoms with E-state index < -0.39 is 10.0 Å². The number of anilines is 1. The number of hydrogen-bond donors (Lipinski definition) is 3. The van der Waals surface area contributed by atoms with Crippen LogP contribution < -0.4 is 15.8 Å². The van der Waals surface area contributed by atoms with Gasteiger partial charge in [-0.25, -0.2) is 13.6 Å². The minimum atomic E-state index is -3.46. The highest BCUT2D eigenvalue weighted by Crippen LogP contribution is 2.31. The number of sulfonamides is 1. The van der Waals surface area contributed by atoms with E-state index in [1.54, 1.807) is 0 Å². The summed E-state index contributed by atoms with van der Waals surface area (Å²) >= 11 is 0. The van der Waals surface area contributed by atoms with Crippen molar-refractivity contribution in [2.45, 2.75) is 18.8 Å². The highest BCUT2D eigenvalue weighted by Gasteiger charge is 2.25. The second-order valence-corrected chi connectivity index (χ2v) is 6.60. The molecule has 1 aromatic carbocycles. The number of carbonyl (C=O) groups excluding carboxylic acids is 1. The van der Waals surface area contributed by atoms with Crippen molar-refractivity contribution in [1.82, 2.24) is 5.32 Å². The quantitative estimate of drug-likeness (QED) is 0.684. The molecule has 0 saturated carbocycles. The number of primary sulfonamides is 1. The van der Waals surface area contributed by atoms with Gasteiger partial charge in [0.15, 0.2) is 0 Å². The molecule has 0 aromatic heterocycles. The van der Waals surface area contributed by atoms with Crippen LogP contribution in [0.2, 0.25) is 0 Å². The Balaban J connectivity index is 1.91. The fourth-order valence-electron chi connectivity index (χ4n) is 2.35. The second-order valence-electron chi connectivity index (χ2n) is 4.87. The summed E-state index contributed by atoms with van der Waals surface area (Å²) in [4.78, 5) is 12.2. The third-order valence-corrected chi connectivity index (χ3v) is 4.16. The lowest BCUT2D eigenvalue weighted by molar-refractivity contribution is -0.122. The maximum atomic E-state index is 12.2. The lowest BCUT2D eigenvalue weighted by atomic mass is 9.90. The maximum Gasteiger partial charge on any atom is 0.227 e. The van der Waals surface area contributed by atoms with Crippen LogP contribution in [-0.4, -0.2) is 33.2 Å². The molecule has 1 atom stereocenters. The molecule has 20 heavy (non-hydrogen) atoms. The number of fused-ring (bicyclic) bond motifs is 1. The Labute approximate surface area is 118 Å². The molecule has 4 N–H and O–H groups in total. The van der Waals surface area contributed by atoms with Crippen LogP contribution in [0, 0.1) is 0 Å². The van der Waals surface area contributed by atoms with Gasteiger partial charge in [0.2, 0.25) is 15.9 Å². The van der Waals surface area contributed by atoms with Crippen LogP contribution in [0.15, 0.2) is 24.3 Å². The summed E-state index contributed by atoms with van der Waals surface area (Å²) < 4.78 is 21.6. The molecule has 1 unspecified atom stereocenters. The van der Waals surface area contributed by atoms with Gasteiger partial charge in [-0.15, -0.1) is 0 Å². The van der Waals surface area contributed by atoms with E-state index in [-0.39, 0.29) is 17.6 Å². The summed E-state index contributed by atoms with van der Waals surface area (Å²) in [5, 5.41) is 10.9.